The van der Waals surface area contributed by atoms with Gasteiger partial charge in [0.1, 0.15) is 49.0 Å². The molecule has 1 aromatic carbocycles. The minimum atomic E-state index is -1.38. The summed E-state index contributed by atoms with van der Waals surface area (Å²) in [7, 11) is 1.40. The fourth-order valence-electron chi connectivity index (χ4n) is 4.91. The fourth-order valence-corrected chi connectivity index (χ4v) is 4.91. The lowest BCUT2D eigenvalue weighted by Gasteiger charge is -2.40. The molecule has 33 heavy (non-hydrogen) atoms. The van der Waals surface area contributed by atoms with Crippen LogP contribution in [0.25, 0.3) is 0 Å². The molecule has 1 saturated carbocycles. The molecule has 1 aromatic rings. The molecular weight excluding hydrogens is 424 g/mol. The van der Waals surface area contributed by atoms with Crippen molar-refractivity contribution in [2.75, 3.05) is 7.11 Å². The molecule has 6 atom stereocenters. The van der Waals surface area contributed by atoms with Crippen molar-refractivity contribution in [3.05, 3.63) is 83.2 Å². The van der Waals surface area contributed by atoms with E-state index in [1.165, 1.54) is 30.8 Å². The van der Waals surface area contributed by atoms with Crippen LogP contribution >= 0.6 is 0 Å². The van der Waals surface area contributed by atoms with Gasteiger partial charge in [-0.25, -0.2) is 0 Å². The second-order valence-corrected chi connectivity index (χ2v) is 8.98. The number of aliphatic hydroxyl groups is 3. The van der Waals surface area contributed by atoms with Crippen molar-refractivity contribution in [2.24, 2.45) is 0 Å². The molecular formula is C26H30O7. The van der Waals surface area contributed by atoms with Crippen molar-refractivity contribution in [2.45, 2.75) is 68.2 Å². The Balaban J connectivity index is 1.58. The van der Waals surface area contributed by atoms with E-state index in [0.29, 0.717) is 17.2 Å². The average molecular weight is 455 g/mol. The maximum Gasteiger partial charge on any atom is 0.186 e. The molecule has 0 spiro atoms. The summed E-state index contributed by atoms with van der Waals surface area (Å²) in [6.07, 6.45) is 9.25. The van der Waals surface area contributed by atoms with Crippen LogP contribution in [-0.4, -0.2) is 47.0 Å². The van der Waals surface area contributed by atoms with E-state index in [4.69, 9.17) is 18.9 Å². The van der Waals surface area contributed by atoms with Gasteiger partial charge in [-0.15, -0.1) is 0 Å². The molecule has 0 radical (unpaired) electrons. The summed E-state index contributed by atoms with van der Waals surface area (Å²) in [6, 6.07) is 6.05. The third-order valence-corrected chi connectivity index (χ3v) is 6.79. The molecule has 7 heteroatoms. The Morgan fingerprint density at radius 1 is 1.06 bits per heavy atom. The Labute approximate surface area is 193 Å². The predicted molar refractivity (Wildman–Crippen MR) is 120 cm³/mol. The van der Waals surface area contributed by atoms with E-state index in [0.717, 1.165) is 31.2 Å². The van der Waals surface area contributed by atoms with Crippen molar-refractivity contribution in [3.63, 3.8) is 0 Å². The van der Waals surface area contributed by atoms with Crippen LogP contribution in [0.3, 0.4) is 0 Å². The van der Waals surface area contributed by atoms with E-state index in [1.54, 1.807) is 6.26 Å². The van der Waals surface area contributed by atoms with Crippen LogP contribution in [-0.2, 0) is 18.9 Å². The topological polar surface area (TPSA) is 97.6 Å². The third-order valence-electron chi connectivity index (χ3n) is 6.79. The quantitative estimate of drug-likeness (QED) is 0.606. The van der Waals surface area contributed by atoms with Gasteiger partial charge < -0.3 is 34.3 Å². The lowest BCUT2D eigenvalue weighted by atomic mass is 9.80. The first-order chi connectivity index (χ1) is 16.1. The molecule has 7 nitrogen and oxygen atoms in total. The van der Waals surface area contributed by atoms with E-state index in [-0.39, 0.29) is 5.92 Å². The maximum atomic E-state index is 10.7. The molecule has 1 unspecified atom stereocenters. The lowest BCUT2D eigenvalue weighted by molar-refractivity contribution is -0.292. The van der Waals surface area contributed by atoms with Gasteiger partial charge in [-0.1, -0.05) is 42.0 Å². The summed E-state index contributed by atoms with van der Waals surface area (Å²) in [6.45, 7) is 0. The Bertz CT molecular complexity index is 988. The van der Waals surface area contributed by atoms with Crippen molar-refractivity contribution in [1.82, 2.24) is 0 Å². The zero-order valence-electron chi connectivity index (χ0n) is 18.5. The highest BCUT2D eigenvalue weighted by Crippen LogP contribution is 2.48. The van der Waals surface area contributed by atoms with Gasteiger partial charge in [0.25, 0.3) is 0 Å². The van der Waals surface area contributed by atoms with Crippen LogP contribution in [0.5, 0.6) is 0 Å². The van der Waals surface area contributed by atoms with Crippen molar-refractivity contribution in [3.8, 4) is 0 Å². The number of benzene rings is 1. The van der Waals surface area contributed by atoms with Crippen LogP contribution in [0, 0.1) is 0 Å². The van der Waals surface area contributed by atoms with Gasteiger partial charge in [-0.3, -0.25) is 0 Å². The molecule has 1 saturated heterocycles. The summed E-state index contributed by atoms with van der Waals surface area (Å²) in [5.41, 5.74) is 4.25. The van der Waals surface area contributed by atoms with Crippen molar-refractivity contribution in [1.29, 1.82) is 0 Å². The van der Waals surface area contributed by atoms with Gasteiger partial charge in [-0.05, 0) is 48.3 Å². The zero-order chi connectivity index (χ0) is 22.9. The SMILES string of the molecule is CO[C@H]1O[C@@H](c2ccc(C3CC3)c(C(C3=CC=CCC3)C3=COC=CO3)c2)[C@H](O)[C@@H](O)[C@@H]1O. The number of hydrogen-bond donors (Lipinski definition) is 3. The number of aliphatic hydroxyl groups excluding tert-OH is 3. The second-order valence-electron chi connectivity index (χ2n) is 8.98. The van der Waals surface area contributed by atoms with Gasteiger partial charge in [-0.2, -0.15) is 0 Å². The van der Waals surface area contributed by atoms with Crippen LogP contribution in [0.4, 0.5) is 0 Å². The number of ether oxygens (including phenoxy) is 4. The summed E-state index contributed by atoms with van der Waals surface area (Å²) in [5.74, 6) is 1.03. The number of rotatable bonds is 6. The predicted octanol–water partition coefficient (Wildman–Crippen LogP) is 3.41. The third kappa shape index (κ3) is 4.39. The van der Waals surface area contributed by atoms with Crippen LogP contribution in [0.1, 0.15) is 60.3 Å². The van der Waals surface area contributed by atoms with Crippen LogP contribution in [0.15, 0.2) is 66.5 Å². The molecule has 4 aliphatic rings. The van der Waals surface area contributed by atoms with E-state index < -0.39 is 30.7 Å². The van der Waals surface area contributed by atoms with E-state index in [9.17, 15) is 15.3 Å². The smallest absolute Gasteiger partial charge is 0.186 e. The monoisotopic (exact) mass is 454 g/mol. The Kier molecular flexibility index (Phi) is 6.40. The summed E-state index contributed by atoms with van der Waals surface area (Å²) in [4.78, 5) is 0. The first-order valence-corrected chi connectivity index (χ1v) is 11.5. The molecule has 2 aliphatic heterocycles. The Hall–Kier alpha value is -2.42. The first-order valence-electron chi connectivity index (χ1n) is 11.5. The van der Waals surface area contributed by atoms with Gasteiger partial charge in [0.05, 0.1) is 5.92 Å². The summed E-state index contributed by atoms with van der Waals surface area (Å²) < 4.78 is 22.4. The molecule has 5 rings (SSSR count). The number of hydrogen-bond acceptors (Lipinski definition) is 7. The normalized spacial score (nSPS) is 32.4. The van der Waals surface area contributed by atoms with E-state index >= 15 is 0 Å². The van der Waals surface area contributed by atoms with Crippen LogP contribution in [0.2, 0.25) is 0 Å². The maximum absolute atomic E-state index is 10.7. The molecule has 0 amide bonds. The molecule has 2 fully saturated rings. The average Bonchev–Trinajstić information content (AvgIpc) is 3.70. The van der Waals surface area contributed by atoms with Crippen LogP contribution < -0.4 is 0 Å². The highest BCUT2D eigenvalue weighted by Gasteiger charge is 2.45. The molecule has 0 aromatic heterocycles. The number of allylic oxidation sites excluding steroid dienone is 4. The highest BCUT2D eigenvalue weighted by molar-refractivity contribution is 5.48. The van der Waals surface area contributed by atoms with Crippen molar-refractivity contribution >= 4 is 0 Å². The van der Waals surface area contributed by atoms with Crippen molar-refractivity contribution < 1.29 is 34.3 Å². The second kappa shape index (κ2) is 9.44. The van der Waals surface area contributed by atoms with Gasteiger partial charge >= 0.3 is 0 Å². The fraction of sp³-hybridized carbons (Fsp3) is 0.462. The standard InChI is InChI=1S/C26H30O7/c1-30-26-24(29)22(27)23(28)25(33-26)17-9-10-18(15-7-8-15)19(13-17)21(16-5-3-2-4-6-16)20-14-31-11-12-32-20/h2-3,5,9-15,21-29H,4,6-8H2,1H3/t21?,22-,23-,24+,25+,26+/m1/s1. The largest absolute Gasteiger partial charge is 0.466 e. The molecule has 2 aliphatic carbocycles. The molecule has 176 valence electrons. The summed E-state index contributed by atoms with van der Waals surface area (Å²) in [5, 5.41) is 31.3. The molecule has 0 bridgehead atoms. The Morgan fingerprint density at radius 3 is 2.58 bits per heavy atom. The van der Waals surface area contributed by atoms with E-state index in [2.05, 4.69) is 24.3 Å². The highest BCUT2D eigenvalue weighted by atomic mass is 16.7. The first kappa shape index (κ1) is 22.4. The van der Waals surface area contributed by atoms with E-state index in [1.807, 2.05) is 12.1 Å². The minimum Gasteiger partial charge on any atom is -0.466 e. The summed E-state index contributed by atoms with van der Waals surface area (Å²) >= 11 is 0. The Morgan fingerprint density at radius 2 is 1.91 bits per heavy atom. The van der Waals surface area contributed by atoms with Gasteiger partial charge in [0.15, 0.2) is 6.29 Å². The lowest BCUT2D eigenvalue weighted by Crippen LogP contribution is -2.54. The van der Waals surface area contributed by atoms with Gasteiger partial charge in [0, 0.05) is 7.11 Å². The minimum absolute atomic E-state index is 0.148. The molecule has 2 heterocycles. The molecule has 3 N–H and O–H groups in total. The van der Waals surface area contributed by atoms with Gasteiger partial charge in [0.2, 0.25) is 0 Å². The zero-order valence-corrected chi connectivity index (χ0v) is 18.5. The number of methoxy groups -OCH3 is 1.